The van der Waals surface area contributed by atoms with Gasteiger partial charge in [0, 0.05) is 12.3 Å². The van der Waals surface area contributed by atoms with Crippen molar-refractivity contribution in [3.05, 3.63) is 33.1 Å². The Labute approximate surface area is 89.9 Å². The van der Waals surface area contributed by atoms with E-state index >= 15 is 0 Å². The Hall–Kier alpha value is -1.44. The van der Waals surface area contributed by atoms with Crippen molar-refractivity contribution in [1.82, 2.24) is 9.55 Å². The zero-order valence-electron chi connectivity index (χ0n) is 8.58. The van der Waals surface area contributed by atoms with E-state index < -0.39 is 29.2 Å². The first-order valence-corrected chi connectivity index (χ1v) is 4.76. The van der Waals surface area contributed by atoms with Crippen LogP contribution in [0.4, 0.5) is 0 Å². The Kier molecular flexibility index (Phi) is 2.45. The Morgan fingerprint density at radius 3 is 2.81 bits per heavy atom. The van der Waals surface area contributed by atoms with Gasteiger partial charge in [0.1, 0.15) is 11.7 Å². The van der Waals surface area contributed by atoms with E-state index in [1.165, 1.54) is 13.1 Å². The van der Waals surface area contributed by atoms with E-state index in [0.29, 0.717) is 0 Å². The zero-order valence-corrected chi connectivity index (χ0v) is 8.58. The summed E-state index contributed by atoms with van der Waals surface area (Å²) < 4.78 is 6.17. The molecule has 7 nitrogen and oxygen atoms in total. The Morgan fingerprint density at radius 1 is 1.62 bits per heavy atom. The van der Waals surface area contributed by atoms with Crippen LogP contribution in [0.1, 0.15) is 13.2 Å². The average molecular weight is 228 g/mol. The minimum Gasteiger partial charge on any atom is -0.388 e. The predicted molar refractivity (Wildman–Crippen MR) is 52.9 cm³/mol. The number of aromatic nitrogens is 2. The van der Waals surface area contributed by atoms with Crippen LogP contribution in [0.25, 0.3) is 0 Å². The van der Waals surface area contributed by atoms with Gasteiger partial charge in [-0.3, -0.25) is 14.3 Å². The first-order valence-electron chi connectivity index (χ1n) is 4.76. The van der Waals surface area contributed by atoms with Crippen molar-refractivity contribution in [2.24, 2.45) is 0 Å². The van der Waals surface area contributed by atoms with Crippen LogP contribution in [-0.2, 0) is 4.74 Å². The summed E-state index contributed by atoms with van der Waals surface area (Å²) in [6.45, 7) is 1.30. The van der Waals surface area contributed by atoms with Crippen LogP contribution in [0.2, 0.25) is 0 Å². The summed E-state index contributed by atoms with van der Waals surface area (Å²) in [7, 11) is 0. The maximum atomic E-state index is 11.5. The first kappa shape index (κ1) is 11.1. The molecule has 0 spiro atoms. The van der Waals surface area contributed by atoms with Gasteiger partial charge in [-0.05, 0) is 6.92 Å². The SMILES string of the molecule is C[C@@]1(O)C(O)CO[C@H]1n1ccc(=O)[nH]c1=O. The number of H-pyrrole nitrogens is 1. The molecule has 16 heavy (non-hydrogen) atoms. The molecule has 0 aromatic carbocycles. The number of hydrogen-bond donors (Lipinski definition) is 3. The van der Waals surface area contributed by atoms with Gasteiger partial charge in [0.2, 0.25) is 0 Å². The van der Waals surface area contributed by atoms with Gasteiger partial charge in [0.15, 0.2) is 6.23 Å². The number of hydrogen-bond acceptors (Lipinski definition) is 5. The summed E-state index contributed by atoms with van der Waals surface area (Å²) in [5, 5.41) is 19.4. The fourth-order valence-electron chi connectivity index (χ4n) is 1.66. The lowest BCUT2D eigenvalue weighted by atomic mass is 10.0. The van der Waals surface area contributed by atoms with E-state index in [2.05, 4.69) is 0 Å². The highest BCUT2D eigenvalue weighted by Crippen LogP contribution is 2.32. The van der Waals surface area contributed by atoms with Gasteiger partial charge < -0.3 is 14.9 Å². The van der Waals surface area contributed by atoms with Crippen molar-refractivity contribution in [3.8, 4) is 0 Å². The molecule has 1 fully saturated rings. The summed E-state index contributed by atoms with van der Waals surface area (Å²) in [5.74, 6) is 0. The molecule has 1 unspecified atom stereocenters. The number of nitrogens with one attached hydrogen (secondary N) is 1. The molecule has 1 saturated heterocycles. The van der Waals surface area contributed by atoms with Crippen molar-refractivity contribution in [2.45, 2.75) is 24.9 Å². The average Bonchev–Trinajstić information content (AvgIpc) is 2.44. The molecule has 88 valence electrons. The number of nitrogens with zero attached hydrogens (tertiary/aromatic N) is 1. The Balaban J connectivity index is 2.46. The quantitative estimate of drug-likeness (QED) is 0.525. The summed E-state index contributed by atoms with van der Waals surface area (Å²) in [5.41, 5.74) is -2.78. The predicted octanol–water partition coefficient (Wildman–Crippen LogP) is -1.82. The zero-order chi connectivity index (χ0) is 11.9. The third kappa shape index (κ3) is 1.58. The molecule has 0 radical (unpaired) electrons. The summed E-state index contributed by atoms with van der Waals surface area (Å²) in [6, 6.07) is 1.14. The smallest absolute Gasteiger partial charge is 0.330 e. The second kappa shape index (κ2) is 3.55. The van der Waals surface area contributed by atoms with Crippen LogP contribution in [-0.4, -0.2) is 38.1 Å². The van der Waals surface area contributed by atoms with Gasteiger partial charge in [-0.1, -0.05) is 0 Å². The molecule has 2 rings (SSSR count). The Morgan fingerprint density at radius 2 is 2.31 bits per heavy atom. The van der Waals surface area contributed by atoms with Gasteiger partial charge in [-0.25, -0.2) is 4.79 Å². The molecule has 1 aromatic heterocycles. The standard InChI is InChI=1S/C9H12N2O5/c1-9(15)5(12)4-16-7(9)11-3-2-6(13)10-8(11)14/h2-3,5,7,12,15H,4H2,1H3,(H,10,13,14)/t5?,7-,9-/m1/s1. The van der Waals surface area contributed by atoms with Crippen molar-refractivity contribution in [3.63, 3.8) is 0 Å². The van der Waals surface area contributed by atoms with Crippen molar-refractivity contribution in [2.75, 3.05) is 6.61 Å². The second-order valence-electron chi connectivity index (χ2n) is 3.94. The van der Waals surface area contributed by atoms with Crippen LogP contribution < -0.4 is 11.2 Å². The van der Waals surface area contributed by atoms with Crippen LogP contribution in [0, 0.1) is 0 Å². The summed E-state index contributed by atoms with van der Waals surface area (Å²) >= 11 is 0. The number of ether oxygens (including phenoxy) is 1. The maximum absolute atomic E-state index is 11.5. The van der Waals surface area contributed by atoms with Crippen molar-refractivity contribution in [1.29, 1.82) is 0 Å². The third-order valence-corrected chi connectivity index (χ3v) is 2.69. The third-order valence-electron chi connectivity index (χ3n) is 2.69. The largest absolute Gasteiger partial charge is 0.388 e. The fourth-order valence-corrected chi connectivity index (χ4v) is 1.66. The van der Waals surface area contributed by atoms with Gasteiger partial charge in [-0.15, -0.1) is 0 Å². The lowest BCUT2D eigenvalue weighted by molar-refractivity contribution is -0.0957. The minimum absolute atomic E-state index is 0.0662. The molecule has 7 heteroatoms. The molecule has 3 N–H and O–H groups in total. The maximum Gasteiger partial charge on any atom is 0.330 e. The number of aromatic amines is 1. The molecule has 3 atom stereocenters. The van der Waals surface area contributed by atoms with E-state index in [1.54, 1.807) is 0 Å². The number of rotatable bonds is 1. The van der Waals surface area contributed by atoms with Gasteiger partial charge in [0.05, 0.1) is 6.61 Å². The van der Waals surface area contributed by atoms with E-state index in [-0.39, 0.29) is 6.61 Å². The molecule has 0 amide bonds. The van der Waals surface area contributed by atoms with Crippen molar-refractivity contribution >= 4 is 0 Å². The van der Waals surface area contributed by atoms with Gasteiger partial charge in [-0.2, -0.15) is 0 Å². The molecule has 0 bridgehead atoms. The topological polar surface area (TPSA) is 105 Å². The normalized spacial score (nSPS) is 34.2. The minimum atomic E-state index is -1.57. The molecular weight excluding hydrogens is 216 g/mol. The molecule has 1 aromatic rings. The lowest BCUT2D eigenvalue weighted by Gasteiger charge is -2.27. The van der Waals surface area contributed by atoms with E-state index in [1.807, 2.05) is 4.98 Å². The lowest BCUT2D eigenvalue weighted by Crippen LogP contribution is -2.45. The fraction of sp³-hybridized carbons (Fsp3) is 0.556. The molecule has 0 aliphatic carbocycles. The van der Waals surface area contributed by atoms with Crippen LogP contribution in [0.5, 0.6) is 0 Å². The van der Waals surface area contributed by atoms with E-state index in [9.17, 15) is 19.8 Å². The molecule has 2 heterocycles. The summed E-state index contributed by atoms with van der Waals surface area (Å²) in [4.78, 5) is 24.4. The first-order chi connectivity index (χ1) is 7.43. The second-order valence-corrected chi connectivity index (χ2v) is 3.94. The molecule has 1 aliphatic rings. The van der Waals surface area contributed by atoms with E-state index in [0.717, 1.165) is 10.6 Å². The Bertz CT molecular complexity index is 503. The van der Waals surface area contributed by atoms with Gasteiger partial charge in [0.25, 0.3) is 5.56 Å². The highest BCUT2D eigenvalue weighted by atomic mass is 16.5. The highest BCUT2D eigenvalue weighted by Gasteiger charge is 2.47. The molecular formula is C9H12N2O5. The van der Waals surface area contributed by atoms with Crippen LogP contribution >= 0.6 is 0 Å². The van der Waals surface area contributed by atoms with Crippen LogP contribution in [0.3, 0.4) is 0 Å². The molecule has 0 saturated carbocycles. The monoisotopic (exact) mass is 228 g/mol. The van der Waals surface area contributed by atoms with Crippen molar-refractivity contribution < 1.29 is 14.9 Å². The number of aliphatic hydroxyl groups is 2. The van der Waals surface area contributed by atoms with Gasteiger partial charge >= 0.3 is 5.69 Å². The van der Waals surface area contributed by atoms with Crippen LogP contribution in [0.15, 0.2) is 21.9 Å². The molecule has 1 aliphatic heterocycles. The summed E-state index contributed by atoms with van der Waals surface area (Å²) in [6.07, 6.45) is -0.860. The highest BCUT2D eigenvalue weighted by molar-refractivity contribution is 4.96. The van der Waals surface area contributed by atoms with E-state index in [4.69, 9.17) is 4.74 Å². The number of aliphatic hydroxyl groups excluding tert-OH is 1.